The van der Waals surface area contributed by atoms with Gasteiger partial charge in [-0.05, 0) is 40.5 Å². The van der Waals surface area contributed by atoms with Gasteiger partial charge in [0.05, 0.1) is 6.54 Å². The average molecular weight is 324 g/mol. The van der Waals surface area contributed by atoms with Crippen molar-refractivity contribution in [3.63, 3.8) is 0 Å². The lowest BCUT2D eigenvalue weighted by atomic mass is 9.77. The Bertz CT molecular complexity index is 477. The summed E-state index contributed by atoms with van der Waals surface area (Å²) in [6.07, 6.45) is 4.52. The summed E-state index contributed by atoms with van der Waals surface area (Å²) < 4.78 is 5.54. The van der Waals surface area contributed by atoms with E-state index in [1.807, 2.05) is 27.7 Å². The van der Waals surface area contributed by atoms with Crippen molar-refractivity contribution in [1.82, 2.24) is 9.80 Å². The minimum atomic E-state index is -0.837. The van der Waals surface area contributed by atoms with E-state index in [0.29, 0.717) is 19.4 Å². The van der Waals surface area contributed by atoms with Gasteiger partial charge in [-0.15, -0.1) is 0 Å². The van der Waals surface area contributed by atoms with Gasteiger partial charge in [-0.3, -0.25) is 9.69 Å². The fourth-order valence-corrected chi connectivity index (χ4v) is 3.65. The summed E-state index contributed by atoms with van der Waals surface area (Å²) in [5.41, 5.74) is -1.44. The normalized spacial score (nSPS) is 24.7. The molecule has 1 spiro atoms. The van der Waals surface area contributed by atoms with Crippen molar-refractivity contribution in [3.05, 3.63) is 0 Å². The van der Waals surface area contributed by atoms with Gasteiger partial charge in [0.25, 0.3) is 0 Å². The van der Waals surface area contributed by atoms with Crippen LogP contribution in [0.1, 0.15) is 59.8 Å². The molecule has 1 saturated carbocycles. The number of nitrogens with zero attached hydrogens (tertiary/aromatic N) is 2. The lowest BCUT2D eigenvalue weighted by molar-refractivity contribution is -0.158. The van der Waals surface area contributed by atoms with Gasteiger partial charge < -0.3 is 14.4 Å². The van der Waals surface area contributed by atoms with Gasteiger partial charge in [0.15, 0.2) is 0 Å². The molecule has 1 unspecified atom stereocenters. The Morgan fingerprint density at radius 2 is 1.91 bits per heavy atom. The molecule has 0 bridgehead atoms. The van der Waals surface area contributed by atoms with Gasteiger partial charge in [-0.25, -0.2) is 4.79 Å². The summed E-state index contributed by atoms with van der Waals surface area (Å²) in [5, 5.41) is 0. The van der Waals surface area contributed by atoms with E-state index in [0.717, 1.165) is 25.5 Å². The van der Waals surface area contributed by atoms with E-state index in [1.54, 1.807) is 9.80 Å². The SMILES string of the molecule is CC1CN(C(=O)OC(C)(C)C)C2(CCCCC2)C(=O)N1CC=O. The molecule has 6 nitrogen and oxygen atoms in total. The molecule has 0 aromatic rings. The van der Waals surface area contributed by atoms with Crippen LogP contribution in [0, 0.1) is 0 Å². The molecule has 1 aliphatic carbocycles. The zero-order valence-corrected chi connectivity index (χ0v) is 14.6. The maximum Gasteiger partial charge on any atom is 0.411 e. The van der Waals surface area contributed by atoms with Gasteiger partial charge >= 0.3 is 6.09 Å². The highest BCUT2D eigenvalue weighted by Crippen LogP contribution is 2.39. The third kappa shape index (κ3) is 3.51. The van der Waals surface area contributed by atoms with E-state index in [1.165, 1.54) is 0 Å². The summed E-state index contributed by atoms with van der Waals surface area (Å²) in [6.45, 7) is 7.85. The summed E-state index contributed by atoms with van der Waals surface area (Å²) >= 11 is 0. The molecule has 0 aromatic carbocycles. The van der Waals surface area contributed by atoms with E-state index in [-0.39, 0.29) is 18.5 Å². The molecule has 130 valence electrons. The van der Waals surface area contributed by atoms with Crippen molar-refractivity contribution in [3.8, 4) is 0 Å². The van der Waals surface area contributed by atoms with Crippen LogP contribution < -0.4 is 0 Å². The second kappa shape index (κ2) is 6.49. The molecule has 1 saturated heterocycles. The highest BCUT2D eigenvalue weighted by atomic mass is 16.6. The van der Waals surface area contributed by atoms with Crippen LogP contribution in [-0.2, 0) is 14.3 Å². The molecule has 0 aromatic heterocycles. The van der Waals surface area contributed by atoms with E-state index in [4.69, 9.17) is 4.74 Å². The van der Waals surface area contributed by atoms with E-state index >= 15 is 0 Å². The quantitative estimate of drug-likeness (QED) is 0.731. The van der Waals surface area contributed by atoms with Crippen molar-refractivity contribution in [2.45, 2.75) is 77.0 Å². The molecule has 2 amide bonds. The minimum Gasteiger partial charge on any atom is -0.444 e. The lowest BCUT2D eigenvalue weighted by Crippen LogP contribution is -2.70. The number of rotatable bonds is 2. The van der Waals surface area contributed by atoms with Crippen molar-refractivity contribution in [2.75, 3.05) is 13.1 Å². The highest BCUT2D eigenvalue weighted by Gasteiger charge is 2.54. The minimum absolute atomic E-state index is 0.0872. The summed E-state index contributed by atoms with van der Waals surface area (Å²) in [7, 11) is 0. The Balaban J connectivity index is 2.33. The number of ether oxygens (including phenoxy) is 1. The Hall–Kier alpha value is -1.59. The predicted octanol–water partition coefficient (Wildman–Crippen LogP) is 2.36. The van der Waals surface area contributed by atoms with Crippen LogP contribution in [-0.4, -0.2) is 58.4 Å². The maximum atomic E-state index is 13.1. The predicted molar refractivity (Wildman–Crippen MR) is 86.0 cm³/mol. The van der Waals surface area contributed by atoms with Crippen LogP contribution in [0.5, 0.6) is 0 Å². The van der Waals surface area contributed by atoms with Gasteiger partial charge in [-0.2, -0.15) is 0 Å². The molecule has 2 fully saturated rings. The van der Waals surface area contributed by atoms with Crippen molar-refractivity contribution < 1.29 is 19.1 Å². The molecule has 0 radical (unpaired) electrons. The van der Waals surface area contributed by atoms with Gasteiger partial charge in [0, 0.05) is 12.6 Å². The van der Waals surface area contributed by atoms with Gasteiger partial charge in [0.2, 0.25) is 5.91 Å². The standard InChI is InChI=1S/C17H28N2O4/c1-13-12-19(15(22)23-16(2,3)4)17(8-6-5-7-9-17)14(21)18(13)10-11-20/h11,13H,5-10,12H2,1-4H3. The number of carbonyl (C=O) groups is 3. The van der Waals surface area contributed by atoms with E-state index in [2.05, 4.69) is 0 Å². The first-order chi connectivity index (χ1) is 10.7. The summed E-state index contributed by atoms with van der Waals surface area (Å²) in [6, 6.07) is -0.187. The molecule has 23 heavy (non-hydrogen) atoms. The molecule has 0 N–H and O–H groups in total. The van der Waals surface area contributed by atoms with Crippen LogP contribution in [0.2, 0.25) is 0 Å². The van der Waals surface area contributed by atoms with E-state index < -0.39 is 17.2 Å². The third-order valence-electron chi connectivity index (χ3n) is 4.72. The maximum absolute atomic E-state index is 13.1. The summed E-state index contributed by atoms with van der Waals surface area (Å²) in [5.74, 6) is -0.103. The number of hydrogen-bond donors (Lipinski definition) is 0. The summed E-state index contributed by atoms with van der Waals surface area (Å²) in [4.78, 5) is 40.0. The van der Waals surface area contributed by atoms with Crippen molar-refractivity contribution >= 4 is 18.3 Å². The molecule has 1 aliphatic heterocycles. The number of carbonyl (C=O) groups excluding carboxylic acids is 3. The molecular formula is C17H28N2O4. The molecule has 2 rings (SSSR count). The third-order valence-corrected chi connectivity index (χ3v) is 4.72. The van der Waals surface area contributed by atoms with E-state index in [9.17, 15) is 14.4 Å². The number of hydrogen-bond acceptors (Lipinski definition) is 4. The lowest BCUT2D eigenvalue weighted by Gasteiger charge is -2.53. The number of amides is 2. The second-order valence-electron chi connectivity index (χ2n) is 7.66. The van der Waals surface area contributed by atoms with Gasteiger partial charge in [0.1, 0.15) is 17.4 Å². The first-order valence-electron chi connectivity index (χ1n) is 8.46. The molecule has 1 atom stereocenters. The van der Waals surface area contributed by atoms with Crippen LogP contribution in [0.4, 0.5) is 4.79 Å². The fourth-order valence-electron chi connectivity index (χ4n) is 3.65. The largest absolute Gasteiger partial charge is 0.444 e. The Kier molecular flexibility index (Phi) is 5.01. The van der Waals surface area contributed by atoms with Crippen molar-refractivity contribution in [2.24, 2.45) is 0 Å². The topological polar surface area (TPSA) is 66.9 Å². The van der Waals surface area contributed by atoms with Gasteiger partial charge in [-0.1, -0.05) is 19.3 Å². The van der Waals surface area contributed by atoms with Crippen LogP contribution in [0.3, 0.4) is 0 Å². The van der Waals surface area contributed by atoms with Crippen LogP contribution >= 0.6 is 0 Å². The molecule has 1 heterocycles. The molecule has 2 aliphatic rings. The molecular weight excluding hydrogens is 296 g/mol. The Morgan fingerprint density at radius 3 is 2.43 bits per heavy atom. The van der Waals surface area contributed by atoms with Crippen LogP contribution in [0.15, 0.2) is 0 Å². The zero-order valence-electron chi connectivity index (χ0n) is 14.6. The molecule has 6 heteroatoms. The zero-order chi connectivity index (χ0) is 17.3. The van der Waals surface area contributed by atoms with Crippen LogP contribution in [0.25, 0.3) is 0 Å². The number of piperazine rings is 1. The first kappa shape index (κ1) is 17.8. The highest BCUT2D eigenvalue weighted by molar-refractivity contribution is 5.92. The Labute approximate surface area is 138 Å². The monoisotopic (exact) mass is 324 g/mol. The Morgan fingerprint density at radius 1 is 1.30 bits per heavy atom. The second-order valence-corrected chi connectivity index (χ2v) is 7.66. The average Bonchev–Trinajstić information content (AvgIpc) is 2.47. The van der Waals surface area contributed by atoms with Crippen molar-refractivity contribution in [1.29, 1.82) is 0 Å². The fraction of sp³-hybridized carbons (Fsp3) is 0.824. The smallest absolute Gasteiger partial charge is 0.411 e. The number of aldehydes is 1. The first-order valence-corrected chi connectivity index (χ1v) is 8.46.